The Bertz CT molecular complexity index is 3230. The SMILES string of the molecule is c1ccc(-c2nc(-c3ccccc3-c3cccc(-n4c5ccccc5c5ccc6ccccc6c54)c3)nc(-c3cccc4oc5ccccc5c34)n2)cc1. The summed E-state index contributed by atoms with van der Waals surface area (Å²) in [6.07, 6.45) is 0. The Hall–Kier alpha value is -7.37. The third-order valence-electron chi connectivity index (χ3n) is 10.5. The van der Waals surface area contributed by atoms with E-state index in [1.54, 1.807) is 0 Å². The number of fused-ring (bicyclic) bond motifs is 8. The number of hydrogen-bond acceptors (Lipinski definition) is 4. The molecule has 54 heavy (non-hydrogen) atoms. The van der Waals surface area contributed by atoms with Crippen molar-refractivity contribution in [2.24, 2.45) is 0 Å². The van der Waals surface area contributed by atoms with Gasteiger partial charge in [-0.2, -0.15) is 0 Å². The van der Waals surface area contributed by atoms with Crippen LogP contribution in [0.15, 0.2) is 186 Å². The van der Waals surface area contributed by atoms with E-state index in [0.717, 1.165) is 55.4 Å². The summed E-state index contributed by atoms with van der Waals surface area (Å²) in [6, 6.07) is 63.3. The van der Waals surface area contributed by atoms with Gasteiger partial charge in [-0.1, -0.05) is 152 Å². The van der Waals surface area contributed by atoms with Gasteiger partial charge in [-0.25, -0.2) is 15.0 Å². The predicted molar refractivity (Wildman–Crippen MR) is 221 cm³/mol. The van der Waals surface area contributed by atoms with E-state index in [1.807, 2.05) is 60.7 Å². The summed E-state index contributed by atoms with van der Waals surface area (Å²) in [5, 5.41) is 6.93. The third-order valence-corrected chi connectivity index (χ3v) is 10.5. The average Bonchev–Trinajstić information content (AvgIpc) is 3.80. The standard InChI is InChI=1S/C49H30N4O/c1-2-15-32(16-3-1)47-50-48(52-49(51-47)41-24-13-27-44-45(41)40-23-9-11-26-43(40)54-44)39-22-7-6-19-35(39)33-17-12-18-34(30-33)53-42-25-10-8-21-37(42)38-29-28-31-14-4-5-20-36(31)46(38)53/h1-30H. The van der Waals surface area contributed by atoms with Crippen LogP contribution in [0.5, 0.6) is 0 Å². The Morgan fingerprint density at radius 2 is 1.02 bits per heavy atom. The molecule has 3 aromatic heterocycles. The molecule has 0 radical (unpaired) electrons. The summed E-state index contributed by atoms with van der Waals surface area (Å²) in [7, 11) is 0. The van der Waals surface area contributed by atoms with E-state index in [2.05, 4.69) is 126 Å². The van der Waals surface area contributed by atoms with Gasteiger partial charge in [0.15, 0.2) is 17.5 Å². The Kier molecular flexibility index (Phi) is 6.79. The third kappa shape index (κ3) is 4.76. The molecule has 252 valence electrons. The predicted octanol–water partition coefficient (Wildman–Crippen LogP) is 12.7. The fourth-order valence-electron chi connectivity index (χ4n) is 8.03. The van der Waals surface area contributed by atoms with Crippen molar-refractivity contribution in [2.45, 2.75) is 0 Å². The molecule has 0 bridgehead atoms. The topological polar surface area (TPSA) is 56.7 Å². The minimum Gasteiger partial charge on any atom is -0.456 e. The summed E-state index contributed by atoms with van der Waals surface area (Å²) in [5.74, 6) is 1.81. The summed E-state index contributed by atoms with van der Waals surface area (Å²) < 4.78 is 8.67. The Labute approximate surface area is 310 Å². The van der Waals surface area contributed by atoms with Gasteiger partial charge in [0.2, 0.25) is 0 Å². The van der Waals surface area contributed by atoms with E-state index in [9.17, 15) is 0 Å². The van der Waals surface area contributed by atoms with Crippen LogP contribution in [0.25, 0.3) is 105 Å². The van der Waals surface area contributed by atoms with E-state index in [4.69, 9.17) is 19.4 Å². The highest BCUT2D eigenvalue weighted by molar-refractivity contribution is 6.18. The van der Waals surface area contributed by atoms with Gasteiger partial charge in [-0.05, 0) is 46.8 Å². The lowest BCUT2D eigenvalue weighted by atomic mass is 9.98. The van der Waals surface area contributed by atoms with Gasteiger partial charge in [0.1, 0.15) is 11.2 Å². The molecule has 8 aromatic carbocycles. The smallest absolute Gasteiger partial charge is 0.164 e. The van der Waals surface area contributed by atoms with Gasteiger partial charge in [-0.3, -0.25) is 0 Å². The van der Waals surface area contributed by atoms with Gasteiger partial charge in [0.25, 0.3) is 0 Å². The minimum absolute atomic E-state index is 0.594. The second-order valence-electron chi connectivity index (χ2n) is 13.6. The highest BCUT2D eigenvalue weighted by atomic mass is 16.3. The normalized spacial score (nSPS) is 11.7. The van der Waals surface area contributed by atoms with Gasteiger partial charge >= 0.3 is 0 Å². The number of furan rings is 1. The van der Waals surface area contributed by atoms with Crippen molar-refractivity contribution in [3.05, 3.63) is 182 Å². The molecule has 0 aliphatic rings. The van der Waals surface area contributed by atoms with Crippen molar-refractivity contribution in [2.75, 3.05) is 0 Å². The van der Waals surface area contributed by atoms with Gasteiger partial charge in [-0.15, -0.1) is 0 Å². The molecule has 0 N–H and O–H groups in total. The van der Waals surface area contributed by atoms with Crippen molar-refractivity contribution >= 4 is 54.5 Å². The molecule has 0 saturated carbocycles. The summed E-state index contributed by atoms with van der Waals surface area (Å²) in [4.78, 5) is 15.5. The second-order valence-corrected chi connectivity index (χ2v) is 13.6. The maximum Gasteiger partial charge on any atom is 0.164 e. The molecule has 5 heteroatoms. The molecule has 0 atom stereocenters. The van der Waals surface area contributed by atoms with Crippen molar-refractivity contribution in [3.8, 4) is 51.0 Å². The fourth-order valence-corrected chi connectivity index (χ4v) is 8.03. The lowest BCUT2D eigenvalue weighted by Crippen LogP contribution is -2.01. The summed E-state index contributed by atoms with van der Waals surface area (Å²) >= 11 is 0. The van der Waals surface area contributed by atoms with Gasteiger partial charge in [0, 0.05) is 49.3 Å². The highest BCUT2D eigenvalue weighted by Gasteiger charge is 2.20. The van der Waals surface area contributed by atoms with Crippen LogP contribution in [-0.4, -0.2) is 19.5 Å². The monoisotopic (exact) mass is 690 g/mol. The molecule has 0 spiro atoms. The molecule has 11 aromatic rings. The molecule has 0 unspecified atom stereocenters. The van der Waals surface area contributed by atoms with Crippen LogP contribution in [0.1, 0.15) is 0 Å². The number of benzene rings is 8. The zero-order valence-electron chi connectivity index (χ0n) is 29.0. The van der Waals surface area contributed by atoms with Crippen LogP contribution < -0.4 is 0 Å². The van der Waals surface area contributed by atoms with E-state index in [0.29, 0.717) is 17.5 Å². The van der Waals surface area contributed by atoms with E-state index in [1.165, 1.54) is 32.6 Å². The first-order valence-electron chi connectivity index (χ1n) is 18.1. The zero-order valence-corrected chi connectivity index (χ0v) is 29.0. The molecule has 0 saturated heterocycles. The van der Waals surface area contributed by atoms with Crippen LogP contribution in [0.2, 0.25) is 0 Å². The number of para-hydroxylation sites is 2. The molecule has 0 fully saturated rings. The van der Waals surface area contributed by atoms with Crippen molar-refractivity contribution < 1.29 is 4.42 Å². The molecular formula is C49H30N4O. The quantitative estimate of drug-likeness (QED) is 0.180. The summed E-state index contributed by atoms with van der Waals surface area (Å²) in [5.41, 5.74) is 9.94. The van der Waals surface area contributed by atoms with Crippen LogP contribution in [-0.2, 0) is 0 Å². The first-order valence-corrected chi connectivity index (χ1v) is 18.1. The van der Waals surface area contributed by atoms with Gasteiger partial charge < -0.3 is 8.98 Å². The first kappa shape index (κ1) is 30.3. The molecule has 5 nitrogen and oxygen atoms in total. The van der Waals surface area contributed by atoms with Crippen LogP contribution >= 0.6 is 0 Å². The minimum atomic E-state index is 0.594. The number of rotatable bonds is 5. The van der Waals surface area contributed by atoms with E-state index >= 15 is 0 Å². The number of aromatic nitrogens is 4. The number of nitrogens with zero attached hydrogens (tertiary/aromatic N) is 4. The molecule has 0 aliphatic carbocycles. The molecule has 11 rings (SSSR count). The lowest BCUT2D eigenvalue weighted by molar-refractivity contribution is 0.669. The van der Waals surface area contributed by atoms with E-state index in [-0.39, 0.29) is 0 Å². The summed E-state index contributed by atoms with van der Waals surface area (Å²) in [6.45, 7) is 0. The van der Waals surface area contributed by atoms with Crippen LogP contribution in [0.4, 0.5) is 0 Å². The van der Waals surface area contributed by atoms with Crippen molar-refractivity contribution in [3.63, 3.8) is 0 Å². The van der Waals surface area contributed by atoms with Crippen LogP contribution in [0.3, 0.4) is 0 Å². The Morgan fingerprint density at radius 1 is 0.389 bits per heavy atom. The lowest BCUT2D eigenvalue weighted by Gasteiger charge is -2.14. The molecule has 3 heterocycles. The average molecular weight is 691 g/mol. The highest BCUT2D eigenvalue weighted by Crippen LogP contribution is 2.40. The second kappa shape index (κ2) is 12.1. The largest absolute Gasteiger partial charge is 0.456 e. The number of hydrogen-bond donors (Lipinski definition) is 0. The van der Waals surface area contributed by atoms with Gasteiger partial charge in [0.05, 0.1) is 11.0 Å². The van der Waals surface area contributed by atoms with Crippen molar-refractivity contribution in [1.29, 1.82) is 0 Å². The zero-order chi connectivity index (χ0) is 35.6. The van der Waals surface area contributed by atoms with Crippen molar-refractivity contribution in [1.82, 2.24) is 19.5 Å². The molecule has 0 aliphatic heterocycles. The first-order chi connectivity index (χ1) is 26.8. The van der Waals surface area contributed by atoms with Crippen LogP contribution in [0, 0.1) is 0 Å². The maximum atomic E-state index is 6.27. The fraction of sp³-hybridized carbons (Fsp3) is 0. The molecule has 0 amide bonds. The molecular weight excluding hydrogens is 661 g/mol. The maximum absolute atomic E-state index is 6.27. The Morgan fingerprint density at radius 3 is 1.91 bits per heavy atom. The van der Waals surface area contributed by atoms with E-state index < -0.39 is 0 Å². The Balaban J connectivity index is 1.13.